The minimum atomic E-state index is -1.08. The van der Waals surface area contributed by atoms with Crippen LogP contribution in [-0.4, -0.2) is 23.7 Å². The standard InChI is InChI=1S/C15H21BrN2O3/c1-9(15(2,3)4)8-17-14(21)18-12-7-10(16)5-6-11(12)13(19)20/h5-7,9H,8H2,1-4H3,(H,19,20)(H2,17,18,21). The van der Waals surface area contributed by atoms with Gasteiger partial charge in [0.05, 0.1) is 11.3 Å². The Morgan fingerprint density at radius 1 is 1.33 bits per heavy atom. The highest BCUT2D eigenvalue weighted by atomic mass is 79.9. The molecular weight excluding hydrogens is 336 g/mol. The Balaban J connectivity index is 2.71. The van der Waals surface area contributed by atoms with Gasteiger partial charge in [-0.2, -0.15) is 0 Å². The van der Waals surface area contributed by atoms with Crippen LogP contribution in [-0.2, 0) is 0 Å². The van der Waals surface area contributed by atoms with Crippen LogP contribution >= 0.6 is 15.9 Å². The molecule has 21 heavy (non-hydrogen) atoms. The molecule has 116 valence electrons. The lowest BCUT2D eigenvalue weighted by Crippen LogP contribution is -2.36. The maximum atomic E-state index is 11.9. The van der Waals surface area contributed by atoms with Gasteiger partial charge in [0, 0.05) is 11.0 Å². The molecule has 0 radical (unpaired) electrons. The molecule has 0 aliphatic rings. The van der Waals surface area contributed by atoms with Crippen molar-refractivity contribution in [2.75, 3.05) is 11.9 Å². The molecule has 0 aromatic heterocycles. The van der Waals surface area contributed by atoms with Gasteiger partial charge in [-0.1, -0.05) is 43.6 Å². The minimum absolute atomic E-state index is 0.0530. The monoisotopic (exact) mass is 356 g/mol. The van der Waals surface area contributed by atoms with Crippen LogP contribution < -0.4 is 10.6 Å². The van der Waals surface area contributed by atoms with E-state index < -0.39 is 12.0 Å². The number of carboxylic acid groups (broad SMARTS) is 1. The van der Waals surface area contributed by atoms with E-state index in [1.807, 2.05) is 0 Å². The summed E-state index contributed by atoms with van der Waals surface area (Å²) in [5.41, 5.74) is 0.407. The SMILES string of the molecule is CC(CNC(=O)Nc1cc(Br)ccc1C(=O)O)C(C)(C)C. The second kappa shape index (κ2) is 6.93. The second-order valence-corrected chi connectivity index (χ2v) is 7.01. The van der Waals surface area contributed by atoms with Gasteiger partial charge in [0.1, 0.15) is 0 Å². The molecule has 0 bridgehead atoms. The molecule has 0 saturated carbocycles. The first kappa shape index (κ1) is 17.5. The highest BCUT2D eigenvalue weighted by Gasteiger charge is 2.20. The quantitative estimate of drug-likeness (QED) is 0.763. The first-order chi connectivity index (χ1) is 9.61. The van der Waals surface area contributed by atoms with E-state index in [0.29, 0.717) is 16.9 Å². The normalized spacial score (nSPS) is 12.6. The Bertz CT molecular complexity index is 538. The van der Waals surface area contributed by atoms with Crippen molar-refractivity contribution in [3.63, 3.8) is 0 Å². The number of nitrogens with one attached hydrogen (secondary N) is 2. The third-order valence-electron chi connectivity index (χ3n) is 3.51. The van der Waals surface area contributed by atoms with Crippen LogP contribution in [0.2, 0.25) is 0 Å². The second-order valence-electron chi connectivity index (χ2n) is 6.10. The van der Waals surface area contributed by atoms with Crippen LogP contribution in [0.4, 0.5) is 10.5 Å². The molecule has 0 aliphatic heterocycles. The number of urea groups is 1. The smallest absolute Gasteiger partial charge is 0.337 e. The molecule has 1 atom stereocenters. The summed E-state index contributed by atoms with van der Waals surface area (Å²) in [6.45, 7) is 8.89. The van der Waals surface area contributed by atoms with Crippen molar-refractivity contribution < 1.29 is 14.7 Å². The lowest BCUT2D eigenvalue weighted by molar-refractivity contribution is 0.0698. The van der Waals surface area contributed by atoms with Crippen LogP contribution in [0, 0.1) is 11.3 Å². The average molecular weight is 357 g/mol. The molecule has 1 unspecified atom stereocenters. The summed E-state index contributed by atoms with van der Waals surface area (Å²) in [6, 6.07) is 4.22. The van der Waals surface area contributed by atoms with Crippen LogP contribution in [0.5, 0.6) is 0 Å². The summed E-state index contributed by atoms with van der Waals surface area (Å²) in [5.74, 6) is -0.787. The van der Waals surface area contributed by atoms with E-state index in [4.69, 9.17) is 5.11 Å². The highest BCUT2D eigenvalue weighted by Crippen LogP contribution is 2.24. The van der Waals surface area contributed by atoms with Crippen molar-refractivity contribution >= 4 is 33.6 Å². The number of anilines is 1. The molecule has 0 heterocycles. The molecular formula is C15H21BrN2O3. The van der Waals surface area contributed by atoms with Crippen molar-refractivity contribution in [1.82, 2.24) is 5.32 Å². The van der Waals surface area contributed by atoms with Crippen LogP contribution in [0.3, 0.4) is 0 Å². The van der Waals surface area contributed by atoms with Gasteiger partial charge in [0.25, 0.3) is 0 Å². The molecule has 5 nitrogen and oxygen atoms in total. The van der Waals surface area contributed by atoms with E-state index in [9.17, 15) is 9.59 Å². The summed E-state index contributed by atoms with van der Waals surface area (Å²) in [4.78, 5) is 23.0. The maximum absolute atomic E-state index is 11.9. The molecule has 3 N–H and O–H groups in total. The van der Waals surface area contributed by atoms with Crippen LogP contribution in [0.1, 0.15) is 38.1 Å². The van der Waals surface area contributed by atoms with Crippen LogP contribution in [0.15, 0.2) is 22.7 Å². The number of hydrogen-bond donors (Lipinski definition) is 3. The Morgan fingerprint density at radius 3 is 2.48 bits per heavy atom. The van der Waals surface area contributed by atoms with Gasteiger partial charge >= 0.3 is 12.0 Å². The molecule has 1 rings (SSSR count). The predicted octanol–water partition coefficient (Wildman–Crippen LogP) is 3.95. The van der Waals surface area contributed by atoms with E-state index in [0.717, 1.165) is 0 Å². The Morgan fingerprint density at radius 2 is 1.95 bits per heavy atom. The van der Waals surface area contributed by atoms with Gasteiger partial charge in [-0.15, -0.1) is 0 Å². The minimum Gasteiger partial charge on any atom is -0.478 e. The molecule has 1 aromatic rings. The third kappa shape index (κ3) is 5.38. The number of amides is 2. The van der Waals surface area contributed by atoms with Crippen molar-refractivity contribution in [2.24, 2.45) is 11.3 Å². The van der Waals surface area contributed by atoms with E-state index in [-0.39, 0.29) is 16.7 Å². The number of carbonyl (C=O) groups is 2. The predicted molar refractivity (Wildman–Crippen MR) is 86.7 cm³/mol. The van der Waals surface area contributed by atoms with Gasteiger partial charge in [-0.05, 0) is 29.5 Å². The largest absolute Gasteiger partial charge is 0.478 e. The number of rotatable bonds is 4. The van der Waals surface area contributed by atoms with Gasteiger partial charge in [-0.25, -0.2) is 9.59 Å². The lowest BCUT2D eigenvalue weighted by Gasteiger charge is -2.27. The molecule has 6 heteroatoms. The Labute approximate surface area is 133 Å². The van der Waals surface area contributed by atoms with Gasteiger partial charge in [0.15, 0.2) is 0 Å². The van der Waals surface area contributed by atoms with E-state index >= 15 is 0 Å². The molecule has 0 fully saturated rings. The van der Waals surface area contributed by atoms with Crippen molar-refractivity contribution in [2.45, 2.75) is 27.7 Å². The van der Waals surface area contributed by atoms with Crippen LogP contribution in [0.25, 0.3) is 0 Å². The number of carbonyl (C=O) groups excluding carboxylic acids is 1. The summed E-state index contributed by atoms with van der Waals surface area (Å²) in [6.07, 6.45) is 0. The summed E-state index contributed by atoms with van der Waals surface area (Å²) < 4.78 is 0.700. The number of benzene rings is 1. The molecule has 0 saturated heterocycles. The Hall–Kier alpha value is -1.56. The first-order valence-electron chi connectivity index (χ1n) is 6.69. The summed E-state index contributed by atoms with van der Waals surface area (Å²) in [7, 11) is 0. The number of carboxylic acids is 1. The topological polar surface area (TPSA) is 78.4 Å². The van der Waals surface area contributed by atoms with E-state index in [1.54, 1.807) is 12.1 Å². The average Bonchev–Trinajstić information content (AvgIpc) is 2.34. The zero-order chi connectivity index (χ0) is 16.2. The third-order valence-corrected chi connectivity index (χ3v) is 4.00. The van der Waals surface area contributed by atoms with E-state index in [1.165, 1.54) is 6.07 Å². The fourth-order valence-electron chi connectivity index (χ4n) is 1.52. The van der Waals surface area contributed by atoms with Gasteiger partial charge in [0.2, 0.25) is 0 Å². The zero-order valence-corrected chi connectivity index (χ0v) is 14.2. The van der Waals surface area contributed by atoms with Crippen molar-refractivity contribution in [1.29, 1.82) is 0 Å². The zero-order valence-electron chi connectivity index (χ0n) is 12.7. The number of halogens is 1. The van der Waals surface area contributed by atoms with Gasteiger partial charge in [-0.3, -0.25) is 0 Å². The Kier molecular flexibility index (Phi) is 5.78. The fraction of sp³-hybridized carbons (Fsp3) is 0.467. The summed E-state index contributed by atoms with van der Waals surface area (Å²) in [5, 5.41) is 14.5. The van der Waals surface area contributed by atoms with Gasteiger partial charge < -0.3 is 15.7 Å². The van der Waals surface area contributed by atoms with E-state index in [2.05, 4.69) is 54.3 Å². The fourth-order valence-corrected chi connectivity index (χ4v) is 1.89. The number of aromatic carboxylic acids is 1. The molecule has 1 aromatic carbocycles. The molecule has 0 aliphatic carbocycles. The lowest BCUT2D eigenvalue weighted by atomic mass is 9.82. The number of hydrogen-bond acceptors (Lipinski definition) is 2. The highest BCUT2D eigenvalue weighted by molar-refractivity contribution is 9.10. The van der Waals surface area contributed by atoms with Crippen molar-refractivity contribution in [3.05, 3.63) is 28.2 Å². The maximum Gasteiger partial charge on any atom is 0.337 e. The van der Waals surface area contributed by atoms with Crippen molar-refractivity contribution in [3.8, 4) is 0 Å². The molecule has 2 amide bonds. The summed E-state index contributed by atoms with van der Waals surface area (Å²) >= 11 is 3.26. The first-order valence-corrected chi connectivity index (χ1v) is 7.48. The molecule has 0 spiro atoms.